The molecule has 0 radical (unpaired) electrons. The van der Waals surface area contributed by atoms with Crippen molar-refractivity contribution in [1.29, 1.82) is 0 Å². The first-order valence-electron chi connectivity index (χ1n) is 13.3. The Morgan fingerprint density at radius 3 is 2.24 bits per heavy atom. The van der Waals surface area contributed by atoms with Crippen molar-refractivity contribution >= 4 is 56.2 Å². The maximum absolute atomic E-state index is 12.8. The van der Waals surface area contributed by atoms with Crippen molar-refractivity contribution in [3.63, 3.8) is 0 Å². The minimum absolute atomic E-state index is 0. The monoisotopic (exact) mass is 520 g/mol. The van der Waals surface area contributed by atoms with Gasteiger partial charge in [-0.25, -0.2) is 0 Å². The molecule has 0 saturated carbocycles. The molecule has 0 unspecified atom stereocenters. The van der Waals surface area contributed by atoms with Crippen LogP contribution in [-0.2, 0) is 0 Å². The molecule has 0 saturated heterocycles. The van der Waals surface area contributed by atoms with Gasteiger partial charge in [0.2, 0.25) is 0 Å². The zero-order valence-corrected chi connectivity index (χ0v) is 22.3. The molecule has 0 bridgehead atoms. The average molecular weight is 521 g/mol. The third-order valence-electron chi connectivity index (χ3n) is 7.58. The van der Waals surface area contributed by atoms with E-state index in [2.05, 4.69) is 95.2 Å². The van der Waals surface area contributed by atoms with E-state index in [1.54, 1.807) is 0 Å². The molecule has 5 aromatic carbocycles. The van der Waals surface area contributed by atoms with E-state index in [1.165, 1.54) is 32.7 Å². The summed E-state index contributed by atoms with van der Waals surface area (Å²) >= 11 is 0. The van der Waals surface area contributed by atoms with Crippen molar-refractivity contribution in [3.8, 4) is 0 Å². The number of fused-ring (bicyclic) bond motifs is 3. The van der Waals surface area contributed by atoms with Crippen LogP contribution in [0.15, 0.2) is 103 Å². The summed E-state index contributed by atoms with van der Waals surface area (Å²) < 4.78 is 0. The minimum Gasteiger partial charge on any atom is -0.352 e. The number of halogens is 1. The van der Waals surface area contributed by atoms with Gasteiger partial charge < -0.3 is 5.32 Å². The van der Waals surface area contributed by atoms with Crippen LogP contribution in [0, 0.1) is 0 Å². The molecule has 5 aromatic rings. The number of hydrogen-bond donors (Lipinski definition) is 1. The lowest BCUT2D eigenvalue weighted by atomic mass is 9.94. The Kier molecular flexibility index (Phi) is 8.07. The molecule has 38 heavy (non-hydrogen) atoms. The van der Waals surface area contributed by atoms with Gasteiger partial charge in [0, 0.05) is 25.2 Å². The van der Waals surface area contributed by atoms with Crippen LogP contribution in [0.25, 0.3) is 37.9 Å². The molecule has 0 aromatic heterocycles. The van der Waals surface area contributed by atoms with E-state index in [-0.39, 0.29) is 18.3 Å². The summed E-state index contributed by atoms with van der Waals surface area (Å²) in [6.45, 7) is 3.86. The quantitative estimate of drug-likeness (QED) is 0.175. The van der Waals surface area contributed by atoms with Gasteiger partial charge in [-0.15, -0.1) is 12.4 Å². The first-order chi connectivity index (χ1) is 18.2. The van der Waals surface area contributed by atoms with Crippen molar-refractivity contribution < 1.29 is 4.79 Å². The molecule has 192 valence electrons. The Labute approximate surface area is 230 Å². The molecule has 0 aliphatic carbocycles. The summed E-state index contributed by atoms with van der Waals surface area (Å²) in [5.41, 5.74) is 3.57. The summed E-state index contributed by atoms with van der Waals surface area (Å²) in [5.74, 6) is 0.00990. The normalized spacial score (nSPS) is 13.8. The second-order valence-electron chi connectivity index (χ2n) is 10.0. The van der Waals surface area contributed by atoms with Crippen LogP contribution >= 0.6 is 12.4 Å². The first kappa shape index (κ1) is 26.0. The average Bonchev–Trinajstić information content (AvgIpc) is 2.95. The van der Waals surface area contributed by atoms with E-state index in [0.717, 1.165) is 55.2 Å². The number of hydrogen-bond acceptors (Lipinski definition) is 2. The molecule has 6 rings (SSSR count). The zero-order chi connectivity index (χ0) is 25.0. The van der Waals surface area contributed by atoms with Gasteiger partial charge in [-0.2, -0.15) is 0 Å². The lowest BCUT2D eigenvalue weighted by Crippen LogP contribution is -2.30. The molecule has 3 nitrogen and oxygen atoms in total. The highest BCUT2D eigenvalue weighted by atomic mass is 35.5. The number of nitrogens with zero attached hydrogens (tertiary/aromatic N) is 1. The Morgan fingerprint density at radius 2 is 1.45 bits per heavy atom. The standard InChI is InChI=1S/C34H32N2O.ClH/c37-34(30-15-14-29-22-27-9-1-2-10-28(27)23-31(29)24-30)35-18-5-6-19-36-20-16-26(17-21-36)33-13-7-11-25-8-3-4-12-32(25)33;/h1-4,7-16,22-24H,5-6,17-21H2,(H,35,37);1H. The second-order valence-corrected chi connectivity index (χ2v) is 10.0. The predicted octanol–water partition coefficient (Wildman–Crippen LogP) is 7.87. The maximum atomic E-state index is 12.8. The van der Waals surface area contributed by atoms with Crippen molar-refractivity contribution in [2.45, 2.75) is 19.3 Å². The third-order valence-corrected chi connectivity index (χ3v) is 7.58. The van der Waals surface area contributed by atoms with Gasteiger partial charge >= 0.3 is 0 Å². The highest BCUT2D eigenvalue weighted by Crippen LogP contribution is 2.29. The van der Waals surface area contributed by atoms with Crippen LogP contribution in [0.2, 0.25) is 0 Å². The van der Waals surface area contributed by atoms with Crippen molar-refractivity contribution in [2.24, 2.45) is 0 Å². The van der Waals surface area contributed by atoms with Gasteiger partial charge in [0.25, 0.3) is 5.91 Å². The number of benzene rings is 5. The van der Waals surface area contributed by atoms with Crippen LogP contribution in [0.1, 0.15) is 35.2 Å². The van der Waals surface area contributed by atoms with E-state index in [4.69, 9.17) is 0 Å². The molecule has 1 heterocycles. The van der Waals surface area contributed by atoms with E-state index in [0.29, 0.717) is 6.54 Å². The van der Waals surface area contributed by atoms with Crippen molar-refractivity contribution in [1.82, 2.24) is 10.2 Å². The SMILES string of the molecule is Cl.O=C(NCCCCN1CC=C(c2cccc3ccccc23)CC1)c1ccc2cc3ccccc3cc2c1. The Bertz CT molecular complexity index is 1620. The Balaban J connectivity index is 0.00000294. The molecule has 0 spiro atoms. The molecule has 0 atom stereocenters. The number of rotatable bonds is 7. The van der Waals surface area contributed by atoms with Crippen LogP contribution < -0.4 is 5.32 Å². The highest BCUT2D eigenvalue weighted by Gasteiger charge is 2.14. The fraction of sp³-hybridized carbons (Fsp3) is 0.206. The summed E-state index contributed by atoms with van der Waals surface area (Å²) in [6.07, 6.45) is 5.56. The summed E-state index contributed by atoms with van der Waals surface area (Å²) in [6, 6.07) is 33.9. The first-order valence-corrected chi connectivity index (χ1v) is 13.3. The number of unbranched alkanes of at least 4 members (excludes halogenated alkanes) is 1. The summed E-state index contributed by atoms with van der Waals surface area (Å²) in [4.78, 5) is 15.3. The smallest absolute Gasteiger partial charge is 0.251 e. The van der Waals surface area contributed by atoms with E-state index in [1.807, 2.05) is 18.2 Å². The van der Waals surface area contributed by atoms with Crippen LogP contribution in [0.5, 0.6) is 0 Å². The van der Waals surface area contributed by atoms with Gasteiger partial charge in [0.15, 0.2) is 0 Å². The molecular formula is C34H33ClN2O. The fourth-order valence-electron chi connectivity index (χ4n) is 5.51. The van der Waals surface area contributed by atoms with Crippen LogP contribution in [0.3, 0.4) is 0 Å². The van der Waals surface area contributed by atoms with E-state index < -0.39 is 0 Å². The van der Waals surface area contributed by atoms with E-state index in [9.17, 15) is 4.79 Å². The van der Waals surface area contributed by atoms with Gasteiger partial charge in [0.05, 0.1) is 0 Å². The molecular weight excluding hydrogens is 488 g/mol. The molecule has 1 aliphatic rings. The minimum atomic E-state index is 0. The summed E-state index contributed by atoms with van der Waals surface area (Å²) in [7, 11) is 0. The number of nitrogens with one attached hydrogen (secondary N) is 1. The molecule has 1 aliphatic heterocycles. The topological polar surface area (TPSA) is 32.3 Å². The van der Waals surface area contributed by atoms with Crippen LogP contribution in [-0.4, -0.2) is 37.0 Å². The Hall–Kier alpha value is -3.66. The number of carbonyl (C=O) groups is 1. The van der Waals surface area contributed by atoms with Gasteiger partial charge in [-0.05, 0) is 93.5 Å². The zero-order valence-electron chi connectivity index (χ0n) is 21.5. The molecule has 0 fully saturated rings. The molecule has 1 amide bonds. The lowest BCUT2D eigenvalue weighted by Gasteiger charge is -2.27. The number of carbonyl (C=O) groups excluding carboxylic acids is 1. The molecule has 1 N–H and O–H groups in total. The largest absolute Gasteiger partial charge is 0.352 e. The lowest BCUT2D eigenvalue weighted by molar-refractivity contribution is 0.0952. The van der Waals surface area contributed by atoms with Gasteiger partial charge in [-0.1, -0.05) is 78.9 Å². The van der Waals surface area contributed by atoms with Gasteiger partial charge in [0.1, 0.15) is 0 Å². The van der Waals surface area contributed by atoms with Crippen molar-refractivity contribution in [3.05, 3.63) is 114 Å². The predicted molar refractivity (Wildman–Crippen MR) is 163 cm³/mol. The molecule has 4 heteroatoms. The second kappa shape index (κ2) is 11.8. The van der Waals surface area contributed by atoms with E-state index >= 15 is 0 Å². The number of amides is 1. The summed E-state index contributed by atoms with van der Waals surface area (Å²) in [5, 5.41) is 10.5. The van der Waals surface area contributed by atoms with Gasteiger partial charge in [-0.3, -0.25) is 9.69 Å². The third kappa shape index (κ3) is 5.60. The Morgan fingerprint density at radius 1 is 0.737 bits per heavy atom. The van der Waals surface area contributed by atoms with Crippen molar-refractivity contribution in [2.75, 3.05) is 26.2 Å². The van der Waals surface area contributed by atoms with Crippen LogP contribution in [0.4, 0.5) is 0 Å². The highest BCUT2D eigenvalue weighted by molar-refractivity contribution is 6.03. The maximum Gasteiger partial charge on any atom is 0.251 e. The fourth-order valence-corrected chi connectivity index (χ4v) is 5.51.